The maximum absolute atomic E-state index is 11.6. The molecule has 4 heterocycles. The van der Waals surface area contributed by atoms with Crippen molar-refractivity contribution in [3.05, 3.63) is 89.4 Å². The Labute approximate surface area is 247 Å². The van der Waals surface area contributed by atoms with E-state index >= 15 is 0 Å². The van der Waals surface area contributed by atoms with Gasteiger partial charge in [-0.15, -0.1) is 0 Å². The fraction of sp³-hybridized carbons (Fsp3) is 0.138. The molecule has 6 rings (SSSR count). The molecular weight excluding hydrogens is 503 g/mol. The summed E-state index contributed by atoms with van der Waals surface area (Å²) < 4.78 is 7.36. The van der Waals surface area contributed by atoms with Crippen LogP contribution in [-0.4, -0.2) is 57.0 Å². The molecule has 0 bridgehead atoms. The van der Waals surface area contributed by atoms with E-state index < -0.39 is 5.97 Å². The molecule has 1 aliphatic rings. The van der Waals surface area contributed by atoms with Gasteiger partial charge < -0.3 is 16.2 Å². The number of benzene rings is 2. The number of rotatable bonds is 5. The van der Waals surface area contributed by atoms with Crippen molar-refractivity contribution in [3.8, 4) is 17.3 Å². The molecule has 0 amide bonds. The Kier molecular flexibility index (Phi) is 7.72. The summed E-state index contributed by atoms with van der Waals surface area (Å²) in [6.45, 7) is 2.84. The second-order valence-electron chi connectivity index (χ2n) is 8.83. The number of pyridine rings is 1. The minimum absolute atomic E-state index is 0. The first-order chi connectivity index (χ1) is 18.6. The van der Waals surface area contributed by atoms with Crippen molar-refractivity contribution in [1.82, 2.24) is 19.6 Å². The average Bonchev–Trinajstić information content (AvgIpc) is 3.34. The van der Waals surface area contributed by atoms with E-state index in [9.17, 15) is 15.2 Å². The van der Waals surface area contributed by atoms with Crippen LogP contribution >= 0.6 is 0 Å². The molecule has 5 aromatic rings. The van der Waals surface area contributed by atoms with Crippen molar-refractivity contribution in [2.24, 2.45) is 0 Å². The third kappa shape index (κ3) is 5.15. The molecule has 1 N–H and O–H groups in total. The van der Waals surface area contributed by atoms with Gasteiger partial charge in [-0.2, -0.15) is 10.4 Å². The van der Waals surface area contributed by atoms with E-state index in [-0.39, 0.29) is 36.5 Å². The number of carboxylic acids is 1. The van der Waals surface area contributed by atoms with E-state index in [2.05, 4.69) is 21.1 Å². The minimum Gasteiger partial charge on any atom is -1.00 e. The summed E-state index contributed by atoms with van der Waals surface area (Å²) in [5.41, 5.74) is 6.14. The predicted octanol–water partition coefficient (Wildman–Crippen LogP) is 1.64. The molecule has 9 nitrogen and oxygen atoms in total. The largest absolute Gasteiger partial charge is 1.00 e. The average molecular weight is 527 g/mol. The molecule has 3 aromatic heterocycles. The van der Waals surface area contributed by atoms with Crippen LogP contribution in [0.25, 0.3) is 40.0 Å². The third-order valence-corrected chi connectivity index (χ3v) is 6.56. The molecule has 10 heteroatoms. The van der Waals surface area contributed by atoms with Gasteiger partial charge >= 0.3 is 35.5 Å². The summed E-state index contributed by atoms with van der Waals surface area (Å²) in [6, 6.07) is 20.1. The van der Waals surface area contributed by atoms with Crippen LogP contribution in [0, 0.1) is 11.3 Å². The first-order valence-electron chi connectivity index (χ1n) is 12.1. The molecule has 1 aliphatic heterocycles. The summed E-state index contributed by atoms with van der Waals surface area (Å²) >= 11 is 0. The number of hydrogen-bond acceptors (Lipinski definition) is 7. The number of fused-ring (bicyclic) bond motifs is 2. The fourth-order valence-electron chi connectivity index (χ4n) is 4.71. The predicted molar refractivity (Wildman–Crippen MR) is 145 cm³/mol. The molecule has 1 saturated heterocycles. The number of morpholine rings is 1. The van der Waals surface area contributed by atoms with Gasteiger partial charge in [-0.1, -0.05) is 18.2 Å². The van der Waals surface area contributed by atoms with Crippen LogP contribution < -0.4 is 34.5 Å². The van der Waals surface area contributed by atoms with Gasteiger partial charge in [0, 0.05) is 24.0 Å². The zero-order valence-corrected chi connectivity index (χ0v) is 23.3. The van der Waals surface area contributed by atoms with Crippen molar-refractivity contribution < 1.29 is 45.6 Å². The number of imidazole rings is 1. The summed E-state index contributed by atoms with van der Waals surface area (Å²) in [6.07, 6.45) is 5.52. The van der Waals surface area contributed by atoms with E-state index in [1.54, 1.807) is 48.7 Å². The molecule has 2 aromatic carbocycles. The molecule has 0 aliphatic carbocycles. The summed E-state index contributed by atoms with van der Waals surface area (Å²) in [7, 11) is 0. The number of carbonyl (C=O) groups is 1. The van der Waals surface area contributed by atoms with Crippen LogP contribution in [0.1, 0.15) is 28.7 Å². The zero-order chi connectivity index (χ0) is 26.1. The number of nitriles is 1. The van der Waals surface area contributed by atoms with E-state index in [4.69, 9.17) is 9.72 Å². The fourth-order valence-corrected chi connectivity index (χ4v) is 4.71. The van der Waals surface area contributed by atoms with Gasteiger partial charge in [0.2, 0.25) is 0 Å². The standard InChI is InChI=1S/C29H22N6O3.Na.H/c30-18-19-4-6-20(7-5-19)27-25(33-28-26(12-13-31-35(27)28)34-14-16-38-17-15-34)11-9-21-8-10-22-23(29(36)37)2-1-3-24(22)32-21;;/h1-13H,14-17H2,(H,36,37);;/q;+1;-1. The second-order valence-corrected chi connectivity index (χ2v) is 8.83. The molecule has 0 spiro atoms. The van der Waals surface area contributed by atoms with Gasteiger partial charge in [0.15, 0.2) is 5.65 Å². The van der Waals surface area contributed by atoms with Gasteiger partial charge in [-0.05, 0) is 54.6 Å². The first-order valence-corrected chi connectivity index (χ1v) is 12.1. The molecule has 0 saturated carbocycles. The van der Waals surface area contributed by atoms with Gasteiger partial charge in [0.05, 0.1) is 59.2 Å². The van der Waals surface area contributed by atoms with E-state index in [0.717, 1.165) is 35.7 Å². The van der Waals surface area contributed by atoms with E-state index in [1.165, 1.54) is 0 Å². The van der Waals surface area contributed by atoms with Gasteiger partial charge in [0.1, 0.15) is 5.69 Å². The molecule has 188 valence electrons. The quantitative estimate of drug-likeness (QED) is 0.344. The second kappa shape index (κ2) is 11.4. The molecule has 1 fully saturated rings. The Bertz CT molecular complexity index is 1760. The third-order valence-electron chi connectivity index (χ3n) is 6.56. The van der Waals surface area contributed by atoms with Crippen molar-refractivity contribution in [2.45, 2.75) is 0 Å². The SMILES string of the molecule is N#Cc1ccc(-c2c(C=Cc3ccc4c(C(=O)O)cccc4n3)nc3c(N4CCOCC4)ccnn23)cc1.[H-].[Na+]. The zero-order valence-electron chi connectivity index (χ0n) is 22.3. The molecular formula is C29H23N6NaO3. The topological polar surface area (TPSA) is 117 Å². The number of nitrogens with zero attached hydrogens (tertiary/aromatic N) is 6. The monoisotopic (exact) mass is 526 g/mol. The first kappa shape index (κ1) is 26.5. The van der Waals surface area contributed by atoms with Crippen LogP contribution in [0.5, 0.6) is 0 Å². The number of ether oxygens (including phenoxy) is 1. The van der Waals surface area contributed by atoms with Crippen molar-refractivity contribution in [3.63, 3.8) is 0 Å². The Morgan fingerprint density at radius 3 is 2.56 bits per heavy atom. The van der Waals surface area contributed by atoms with E-state index in [1.807, 2.05) is 34.9 Å². The van der Waals surface area contributed by atoms with Gasteiger partial charge in [0.25, 0.3) is 0 Å². The van der Waals surface area contributed by atoms with Crippen LogP contribution in [0.15, 0.2) is 66.9 Å². The van der Waals surface area contributed by atoms with Gasteiger partial charge in [-0.25, -0.2) is 19.3 Å². The molecule has 0 radical (unpaired) electrons. The number of anilines is 1. The maximum atomic E-state index is 11.6. The summed E-state index contributed by atoms with van der Waals surface area (Å²) in [4.78, 5) is 23.4. The normalized spacial score (nSPS) is 13.5. The Morgan fingerprint density at radius 2 is 1.82 bits per heavy atom. The van der Waals surface area contributed by atoms with Crippen LogP contribution in [0.3, 0.4) is 0 Å². The number of aromatic carboxylic acids is 1. The van der Waals surface area contributed by atoms with Crippen molar-refractivity contribution >= 4 is 40.4 Å². The number of aromatic nitrogens is 4. The van der Waals surface area contributed by atoms with Gasteiger partial charge in [-0.3, -0.25) is 0 Å². The Hall–Kier alpha value is -4.07. The number of hydrogen-bond donors (Lipinski definition) is 1. The Morgan fingerprint density at radius 1 is 1.03 bits per heavy atom. The summed E-state index contributed by atoms with van der Waals surface area (Å²) in [5.74, 6) is -0.985. The van der Waals surface area contributed by atoms with Crippen LogP contribution in [0.4, 0.5) is 5.69 Å². The van der Waals surface area contributed by atoms with Crippen LogP contribution in [0.2, 0.25) is 0 Å². The smallest absolute Gasteiger partial charge is 1.00 e. The van der Waals surface area contributed by atoms with Crippen molar-refractivity contribution in [1.29, 1.82) is 5.26 Å². The van der Waals surface area contributed by atoms with Crippen LogP contribution in [-0.2, 0) is 4.74 Å². The minimum atomic E-state index is -0.985. The number of carboxylic acid groups (broad SMARTS) is 1. The Balaban J connectivity index is 0.00000185. The summed E-state index contributed by atoms with van der Waals surface area (Å²) in [5, 5.41) is 23.9. The maximum Gasteiger partial charge on any atom is 1.00 e. The molecule has 0 unspecified atom stereocenters. The van der Waals surface area contributed by atoms with Crippen molar-refractivity contribution in [2.75, 3.05) is 31.2 Å². The van der Waals surface area contributed by atoms with E-state index in [0.29, 0.717) is 41.1 Å². The molecule has 39 heavy (non-hydrogen) atoms. The molecule has 0 atom stereocenters.